The summed E-state index contributed by atoms with van der Waals surface area (Å²) in [6, 6.07) is 4.82. The van der Waals surface area contributed by atoms with Crippen LogP contribution >= 0.6 is 0 Å². The van der Waals surface area contributed by atoms with E-state index in [0.717, 1.165) is 11.3 Å². The number of carbonyl (C=O) groups is 2. The molecule has 0 unspecified atom stereocenters. The first-order chi connectivity index (χ1) is 12.8. The Morgan fingerprint density at radius 1 is 1.30 bits per heavy atom. The number of anilines is 1. The molecule has 0 radical (unpaired) electrons. The van der Waals surface area contributed by atoms with E-state index in [1.165, 1.54) is 4.31 Å². The lowest BCUT2D eigenvalue weighted by Gasteiger charge is -2.30. The largest absolute Gasteiger partial charge is 0.383 e. The van der Waals surface area contributed by atoms with Gasteiger partial charge in [-0.2, -0.15) is 4.31 Å². The smallest absolute Gasteiger partial charge is 0.243 e. The number of sulfonamides is 1. The minimum atomic E-state index is -3.64. The molecule has 9 heteroatoms. The van der Waals surface area contributed by atoms with E-state index in [1.54, 1.807) is 37.3 Å². The Bertz CT molecular complexity index is 831. The number of nitrogens with zero attached hydrogens (tertiary/aromatic N) is 2. The summed E-state index contributed by atoms with van der Waals surface area (Å²) < 4.78 is 32.2. The van der Waals surface area contributed by atoms with Crippen LogP contribution < -0.4 is 10.2 Å². The highest BCUT2D eigenvalue weighted by Crippen LogP contribution is 2.31. The van der Waals surface area contributed by atoms with E-state index >= 15 is 0 Å². The number of nitrogens with one attached hydrogen (secondary N) is 1. The Kier molecular flexibility index (Phi) is 5.83. The van der Waals surface area contributed by atoms with Gasteiger partial charge in [-0.05, 0) is 36.6 Å². The second-order valence-corrected chi connectivity index (χ2v) is 8.82. The first kappa shape index (κ1) is 19.8. The molecule has 2 heterocycles. The van der Waals surface area contributed by atoms with Crippen molar-refractivity contribution in [3.8, 4) is 0 Å². The van der Waals surface area contributed by atoms with Crippen molar-refractivity contribution < 1.29 is 22.7 Å². The highest BCUT2D eigenvalue weighted by Gasteiger charge is 2.33. The van der Waals surface area contributed by atoms with Crippen LogP contribution in [0.4, 0.5) is 5.69 Å². The molecule has 0 bridgehead atoms. The lowest BCUT2D eigenvalue weighted by molar-refractivity contribution is -0.126. The number of amides is 2. The molecule has 1 aromatic rings. The number of ether oxygens (including phenoxy) is 1. The number of hydrogen-bond donors (Lipinski definition) is 1. The van der Waals surface area contributed by atoms with Crippen molar-refractivity contribution in [2.75, 3.05) is 45.3 Å². The van der Waals surface area contributed by atoms with Gasteiger partial charge in [-0.3, -0.25) is 9.59 Å². The molecule has 2 aliphatic heterocycles. The molecule has 2 amide bonds. The van der Waals surface area contributed by atoms with Gasteiger partial charge in [-0.1, -0.05) is 0 Å². The highest BCUT2D eigenvalue weighted by atomic mass is 32.2. The highest BCUT2D eigenvalue weighted by molar-refractivity contribution is 7.89. The van der Waals surface area contributed by atoms with E-state index in [2.05, 4.69) is 5.32 Å². The molecule has 0 atom stereocenters. The topological polar surface area (TPSA) is 96.0 Å². The fourth-order valence-corrected chi connectivity index (χ4v) is 5.06. The molecule has 0 saturated carbocycles. The number of likely N-dealkylation sites (N-methyl/N-ethyl adjacent to an activating group) is 1. The van der Waals surface area contributed by atoms with Gasteiger partial charge in [0.1, 0.15) is 0 Å². The van der Waals surface area contributed by atoms with E-state index < -0.39 is 10.0 Å². The van der Waals surface area contributed by atoms with E-state index in [1.807, 2.05) is 0 Å². The van der Waals surface area contributed by atoms with Gasteiger partial charge in [0, 0.05) is 45.4 Å². The van der Waals surface area contributed by atoms with Crippen LogP contribution in [0.5, 0.6) is 0 Å². The Morgan fingerprint density at radius 3 is 2.67 bits per heavy atom. The molecule has 1 fully saturated rings. The summed E-state index contributed by atoms with van der Waals surface area (Å²) in [7, 11) is -0.380. The van der Waals surface area contributed by atoms with Gasteiger partial charge < -0.3 is 15.0 Å². The SMILES string of the molecule is COCCNC(=O)C1CCN(S(=O)(=O)c2ccc3c(c2)CC(=O)N3C)CC1. The van der Waals surface area contributed by atoms with Crippen LogP contribution in [-0.2, 0) is 30.8 Å². The number of hydrogen-bond acceptors (Lipinski definition) is 5. The summed E-state index contributed by atoms with van der Waals surface area (Å²) in [5, 5.41) is 2.81. The normalized spacial score (nSPS) is 18.6. The van der Waals surface area contributed by atoms with Crippen molar-refractivity contribution in [3.05, 3.63) is 23.8 Å². The zero-order valence-electron chi connectivity index (χ0n) is 15.6. The minimum absolute atomic E-state index is 0.0418. The molecule has 8 nitrogen and oxygen atoms in total. The van der Waals surface area contributed by atoms with Crippen molar-refractivity contribution in [3.63, 3.8) is 0 Å². The Morgan fingerprint density at radius 2 is 2.00 bits per heavy atom. The molecule has 0 aromatic heterocycles. The molecular weight excluding hydrogens is 370 g/mol. The van der Waals surface area contributed by atoms with Gasteiger partial charge in [0.05, 0.1) is 17.9 Å². The summed E-state index contributed by atoms with van der Waals surface area (Å²) in [5.41, 5.74) is 1.49. The Balaban J connectivity index is 1.65. The van der Waals surface area contributed by atoms with Crippen LogP contribution in [0.3, 0.4) is 0 Å². The van der Waals surface area contributed by atoms with Gasteiger partial charge in [0.25, 0.3) is 0 Å². The molecule has 3 rings (SSSR count). The van der Waals surface area contributed by atoms with Crippen LogP contribution in [0.15, 0.2) is 23.1 Å². The number of benzene rings is 1. The number of carbonyl (C=O) groups excluding carboxylic acids is 2. The van der Waals surface area contributed by atoms with Gasteiger partial charge in [-0.25, -0.2) is 8.42 Å². The van der Waals surface area contributed by atoms with Crippen LogP contribution in [0, 0.1) is 5.92 Å². The fourth-order valence-electron chi connectivity index (χ4n) is 3.54. The first-order valence-electron chi connectivity index (χ1n) is 9.01. The van der Waals surface area contributed by atoms with Gasteiger partial charge in [0.2, 0.25) is 21.8 Å². The van der Waals surface area contributed by atoms with Gasteiger partial charge in [-0.15, -0.1) is 0 Å². The third kappa shape index (κ3) is 3.99. The summed E-state index contributed by atoms with van der Waals surface area (Å²) in [6.45, 7) is 1.52. The first-order valence-corrected chi connectivity index (χ1v) is 10.4. The molecule has 1 N–H and O–H groups in total. The number of rotatable bonds is 6. The average molecular weight is 395 g/mol. The predicted octanol–water partition coefficient (Wildman–Crippen LogP) is 0.369. The predicted molar refractivity (Wildman–Crippen MR) is 99.9 cm³/mol. The van der Waals surface area contributed by atoms with Crippen LogP contribution in [-0.4, -0.2) is 64.9 Å². The van der Waals surface area contributed by atoms with Crippen LogP contribution in [0.25, 0.3) is 0 Å². The maximum Gasteiger partial charge on any atom is 0.243 e. The van der Waals surface area contributed by atoms with Crippen LogP contribution in [0.1, 0.15) is 18.4 Å². The van der Waals surface area contributed by atoms with Crippen molar-refractivity contribution in [2.45, 2.75) is 24.2 Å². The number of piperidine rings is 1. The summed E-state index contributed by atoms with van der Waals surface area (Å²) in [5.74, 6) is -0.275. The average Bonchev–Trinajstić information content (AvgIpc) is 2.95. The summed E-state index contributed by atoms with van der Waals surface area (Å²) in [4.78, 5) is 25.7. The quantitative estimate of drug-likeness (QED) is 0.702. The van der Waals surface area contributed by atoms with E-state index in [4.69, 9.17) is 4.74 Å². The van der Waals surface area contributed by atoms with Gasteiger partial charge >= 0.3 is 0 Å². The second-order valence-electron chi connectivity index (χ2n) is 6.88. The summed E-state index contributed by atoms with van der Waals surface area (Å²) in [6.07, 6.45) is 1.20. The maximum atomic E-state index is 12.9. The molecule has 148 valence electrons. The van der Waals surface area contributed by atoms with E-state index in [9.17, 15) is 18.0 Å². The standard InChI is InChI=1S/C18H25N3O5S/c1-20-16-4-3-15(11-14(16)12-17(20)22)27(24,25)21-8-5-13(6-9-21)18(23)19-7-10-26-2/h3-4,11,13H,5-10,12H2,1-2H3,(H,19,23). The van der Waals surface area contributed by atoms with E-state index in [-0.39, 0.29) is 29.0 Å². The van der Waals surface area contributed by atoms with Crippen molar-refractivity contribution in [1.29, 1.82) is 0 Å². The van der Waals surface area contributed by atoms with Crippen molar-refractivity contribution in [1.82, 2.24) is 9.62 Å². The van der Waals surface area contributed by atoms with E-state index in [0.29, 0.717) is 39.1 Å². The molecule has 0 aliphatic carbocycles. The molecule has 0 spiro atoms. The molecule has 27 heavy (non-hydrogen) atoms. The lowest BCUT2D eigenvalue weighted by atomic mass is 9.97. The monoisotopic (exact) mass is 395 g/mol. The molecule has 1 saturated heterocycles. The molecule has 1 aromatic carbocycles. The lowest BCUT2D eigenvalue weighted by Crippen LogP contribution is -2.43. The Hall–Kier alpha value is -1.97. The second kappa shape index (κ2) is 7.95. The minimum Gasteiger partial charge on any atom is -0.383 e. The number of fused-ring (bicyclic) bond motifs is 1. The fraction of sp³-hybridized carbons (Fsp3) is 0.556. The van der Waals surface area contributed by atoms with Crippen LogP contribution in [0.2, 0.25) is 0 Å². The number of methoxy groups -OCH3 is 1. The van der Waals surface area contributed by atoms with Crippen molar-refractivity contribution in [2.24, 2.45) is 5.92 Å². The Labute approximate surface area is 159 Å². The zero-order valence-corrected chi connectivity index (χ0v) is 16.4. The molecule has 2 aliphatic rings. The maximum absolute atomic E-state index is 12.9. The summed E-state index contributed by atoms with van der Waals surface area (Å²) >= 11 is 0. The third-order valence-electron chi connectivity index (χ3n) is 5.20. The van der Waals surface area contributed by atoms with Gasteiger partial charge in [0.15, 0.2) is 0 Å². The van der Waals surface area contributed by atoms with Crippen molar-refractivity contribution >= 4 is 27.5 Å². The third-order valence-corrected chi connectivity index (χ3v) is 7.09. The molecular formula is C18H25N3O5S. The zero-order chi connectivity index (χ0) is 19.6.